The fraction of sp³-hybridized carbons (Fsp3) is 0.923. The van der Waals surface area contributed by atoms with Gasteiger partial charge in [0.2, 0.25) is 0 Å². The van der Waals surface area contributed by atoms with Crippen LogP contribution >= 0.6 is 0 Å². The lowest BCUT2D eigenvalue weighted by Crippen LogP contribution is -2.34. The van der Waals surface area contributed by atoms with Crippen LogP contribution in [0.2, 0.25) is 0 Å². The largest absolute Gasteiger partial charge is 0.381 e. The molecule has 0 aliphatic carbocycles. The van der Waals surface area contributed by atoms with Crippen LogP contribution < -0.4 is 0 Å². The molecule has 1 unspecified atom stereocenters. The second-order valence-corrected chi connectivity index (χ2v) is 5.19. The van der Waals surface area contributed by atoms with Gasteiger partial charge < -0.3 is 14.4 Å². The Morgan fingerprint density at radius 2 is 2.06 bits per heavy atom. The smallest absolute Gasteiger partial charge is 0.123 e. The first kappa shape index (κ1) is 12.1. The third kappa shape index (κ3) is 3.56. The van der Waals surface area contributed by atoms with Crippen LogP contribution in [0.5, 0.6) is 0 Å². The van der Waals surface area contributed by atoms with E-state index in [9.17, 15) is 4.79 Å². The zero-order valence-electron chi connectivity index (χ0n) is 10.1. The lowest BCUT2D eigenvalue weighted by molar-refractivity contribution is -0.112. The van der Waals surface area contributed by atoms with Gasteiger partial charge in [-0.25, -0.2) is 0 Å². The molecule has 2 saturated heterocycles. The average molecular weight is 225 g/mol. The molecule has 0 N–H and O–H groups in total. The predicted molar refractivity (Wildman–Crippen MR) is 63.4 cm³/mol. The lowest BCUT2D eigenvalue weighted by atomic mass is 9.97. The highest BCUT2D eigenvalue weighted by Crippen LogP contribution is 2.19. The van der Waals surface area contributed by atoms with Crippen molar-refractivity contribution in [2.24, 2.45) is 11.8 Å². The summed E-state index contributed by atoms with van der Waals surface area (Å²) in [6, 6.07) is 0. The van der Waals surface area contributed by atoms with Gasteiger partial charge in [-0.1, -0.05) is 0 Å². The summed E-state index contributed by atoms with van der Waals surface area (Å²) in [4.78, 5) is 13.1. The van der Waals surface area contributed by atoms with Crippen molar-refractivity contribution in [3.8, 4) is 0 Å². The minimum absolute atomic E-state index is 0.333. The Hall–Kier alpha value is -0.410. The van der Waals surface area contributed by atoms with Crippen LogP contribution in [0.25, 0.3) is 0 Å². The van der Waals surface area contributed by atoms with Crippen LogP contribution in [0.1, 0.15) is 32.1 Å². The second kappa shape index (κ2) is 6.36. The first-order valence-electron chi connectivity index (χ1n) is 6.64. The van der Waals surface area contributed by atoms with Gasteiger partial charge in [-0.3, -0.25) is 0 Å². The Balaban J connectivity index is 1.54. The van der Waals surface area contributed by atoms with Gasteiger partial charge >= 0.3 is 0 Å². The van der Waals surface area contributed by atoms with Crippen LogP contribution in [0.15, 0.2) is 0 Å². The first-order valence-corrected chi connectivity index (χ1v) is 6.64. The van der Waals surface area contributed by atoms with Gasteiger partial charge in [0.1, 0.15) is 6.29 Å². The van der Waals surface area contributed by atoms with E-state index in [1.165, 1.54) is 25.8 Å². The van der Waals surface area contributed by atoms with Crippen LogP contribution in [0.3, 0.4) is 0 Å². The molecule has 2 aliphatic rings. The molecular weight excluding hydrogens is 202 g/mol. The average Bonchev–Trinajstić information content (AvgIpc) is 2.83. The minimum atomic E-state index is 0.333. The van der Waals surface area contributed by atoms with Gasteiger partial charge in [0.05, 0.1) is 0 Å². The summed E-state index contributed by atoms with van der Waals surface area (Å²) in [6.07, 6.45) is 7.12. The zero-order chi connectivity index (χ0) is 11.2. The second-order valence-electron chi connectivity index (χ2n) is 5.19. The highest BCUT2D eigenvalue weighted by molar-refractivity contribution is 5.53. The molecule has 0 bridgehead atoms. The van der Waals surface area contributed by atoms with Gasteiger partial charge in [0, 0.05) is 19.1 Å². The quantitative estimate of drug-likeness (QED) is 0.667. The number of hydrogen-bond donors (Lipinski definition) is 0. The van der Waals surface area contributed by atoms with Crippen LogP contribution in [-0.2, 0) is 9.53 Å². The van der Waals surface area contributed by atoms with E-state index in [1.807, 2.05) is 0 Å². The first-order chi connectivity index (χ1) is 7.88. The van der Waals surface area contributed by atoms with E-state index in [1.54, 1.807) is 0 Å². The van der Waals surface area contributed by atoms with Crippen LogP contribution in [0, 0.1) is 11.8 Å². The molecule has 2 fully saturated rings. The van der Waals surface area contributed by atoms with Crippen LogP contribution in [0.4, 0.5) is 0 Å². The molecule has 3 nitrogen and oxygen atoms in total. The topological polar surface area (TPSA) is 29.5 Å². The van der Waals surface area contributed by atoms with E-state index in [0.29, 0.717) is 5.92 Å². The summed E-state index contributed by atoms with van der Waals surface area (Å²) in [5.74, 6) is 1.15. The Bertz CT molecular complexity index is 206. The number of hydrogen-bond acceptors (Lipinski definition) is 3. The van der Waals surface area contributed by atoms with E-state index in [-0.39, 0.29) is 0 Å². The fourth-order valence-electron chi connectivity index (χ4n) is 2.73. The minimum Gasteiger partial charge on any atom is -0.381 e. The molecule has 1 atom stereocenters. The van der Waals surface area contributed by atoms with Gasteiger partial charge in [-0.2, -0.15) is 0 Å². The Labute approximate surface area is 98.1 Å². The molecule has 3 heteroatoms. The van der Waals surface area contributed by atoms with E-state index in [4.69, 9.17) is 4.74 Å². The molecular formula is C13H23NO2. The molecule has 2 rings (SSSR count). The summed E-state index contributed by atoms with van der Waals surface area (Å²) in [5.41, 5.74) is 0. The molecule has 0 aromatic heterocycles. The maximum Gasteiger partial charge on any atom is 0.123 e. The third-order valence-corrected chi connectivity index (χ3v) is 3.94. The highest BCUT2D eigenvalue weighted by Gasteiger charge is 2.19. The maximum absolute atomic E-state index is 10.6. The van der Waals surface area contributed by atoms with E-state index < -0.39 is 0 Å². The van der Waals surface area contributed by atoms with Gasteiger partial charge in [-0.05, 0) is 57.7 Å². The Morgan fingerprint density at radius 3 is 2.69 bits per heavy atom. The summed E-state index contributed by atoms with van der Waals surface area (Å²) in [5, 5.41) is 0. The number of ether oxygens (including phenoxy) is 1. The number of piperidine rings is 1. The lowest BCUT2D eigenvalue weighted by Gasteiger charge is -2.29. The maximum atomic E-state index is 10.6. The zero-order valence-corrected chi connectivity index (χ0v) is 10.1. The van der Waals surface area contributed by atoms with Crippen molar-refractivity contribution in [2.75, 3.05) is 32.8 Å². The normalized spacial score (nSPS) is 28.4. The molecule has 92 valence electrons. The molecule has 0 aromatic carbocycles. The van der Waals surface area contributed by atoms with Crippen molar-refractivity contribution in [2.45, 2.75) is 32.1 Å². The van der Waals surface area contributed by atoms with E-state index in [2.05, 4.69) is 4.90 Å². The monoisotopic (exact) mass is 225 g/mol. The number of likely N-dealkylation sites (tertiary alicyclic amines) is 1. The SMILES string of the molecule is O=CC1CCN(CCCC2CCOC2)CC1. The highest BCUT2D eigenvalue weighted by atomic mass is 16.5. The molecule has 0 spiro atoms. The third-order valence-electron chi connectivity index (χ3n) is 3.94. The molecule has 0 amide bonds. The number of nitrogens with zero attached hydrogens (tertiary/aromatic N) is 1. The van der Waals surface area contributed by atoms with Crippen molar-refractivity contribution in [1.82, 2.24) is 4.90 Å². The number of carbonyl (C=O) groups is 1. The van der Waals surface area contributed by atoms with Gasteiger partial charge in [0.25, 0.3) is 0 Å². The molecule has 0 aromatic rings. The van der Waals surface area contributed by atoms with Crippen molar-refractivity contribution < 1.29 is 9.53 Å². The summed E-state index contributed by atoms with van der Waals surface area (Å²) in [6.45, 7) is 5.39. The summed E-state index contributed by atoms with van der Waals surface area (Å²) in [7, 11) is 0. The van der Waals surface area contributed by atoms with Gasteiger partial charge in [-0.15, -0.1) is 0 Å². The number of carbonyl (C=O) groups excluding carboxylic acids is 1. The molecule has 0 saturated carbocycles. The van der Waals surface area contributed by atoms with Crippen molar-refractivity contribution >= 4 is 6.29 Å². The fourth-order valence-corrected chi connectivity index (χ4v) is 2.73. The molecule has 0 radical (unpaired) electrons. The molecule has 16 heavy (non-hydrogen) atoms. The van der Waals surface area contributed by atoms with Crippen molar-refractivity contribution in [3.05, 3.63) is 0 Å². The Morgan fingerprint density at radius 1 is 1.25 bits per heavy atom. The summed E-state index contributed by atoms with van der Waals surface area (Å²) >= 11 is 0. The summed E-state index contributed by atoms with van der Waals surface area (Å²) < 4.78 is 5.38. The van der Waals surface area contributed by atoms with Crippen molar-refractivity contribution in [1.29, 1.82) is 0 Å². The standard InChI is InChI=1S/C13H23NO2/c15-10-12-3-7-14(8-4-12)6-1-2-13-5-9-16-11-13/h10,12-13H,1-9,11H2. The number of rotatable bonds is 5. The van der Waals surface area contributed by atoms with E-state index in [0.717, 1.165) is 51.3 Å². The number of aldehydes is 1. The Kier molecular flexibility index (Phi) is 4.79. The van der Waals surface area contributed by atoms with Crippen molar-refractivity contribution in [3.63, 3.8) is 0 Å². The molecule has 2 aliphatic heterocycles. The predicted octanol–water partition coefficient (Wildman–Crippen LogP) is 1.71. The van der Waals surface area contributed by atoms with Crippen LogP contribution in [-0.4, -0.2) is 44.0 Å². The van der Waals surface area contributed by atoms with E-state index >= 15 is 0 Å². The molecule has 2 heterocycles. The van der Waals surface area contributed by atoms with Gasteiger partial charge in [0.15, 0.2) is 0 Å².